The Kier molecular flexibility index (Phi) is 3.77. The maximum Gasteiger partial charge on any atom is 0.0963 e. The maximum absolute atomic E-state index is 5.48. The zero-order chi connectivity index (χ0) is 7.57. The van der Waals surface area contributed by atoms with E-state index in [1.807, 2.05) is 0 Å². The van der Waals surface area contributed by atoms with Gasteiger partial charge in [0, 0.05) is 6.54 Å². The lowest BCUT2D eigenvalue weighted by Gasteiger charge is -2.39. The van der Waals surface area contributed by atoms with Crippen LogP contribution in [-0.2, 0) is 4.74 Å². The van der Waals surface area contributed by atoms with Gasteiger partial charge in [0.1, 0.15) is 0 Å². The second kappa shape index (κ2) is 4.42. The molecule has 2 rings (SSSR count). The molecule has 0 aromatic carbocycles. The van der Waals surface area contributed by atoms with Gasteiger partial charge in [0.25, 0.3) is 0 Å². The van der Waals surface area contributed by atoms with Crippen LogP contribution in [-0.4, -0.2) is 38.4 Å². The normalized spacial score (nSPS) is 36.0. The van der Waals surface area contributed by atoms with Crippen LogP contribution >= 0.6 is 0 Å². The Bertz CT molecular complexity index is 112. The standard InChI is InChI=1S/C8H16N2O.ClH/c1-2-8(6-9-3-1)7-11-5-4-10-8;/h9-10H,1-7H2;1H. The van der Waals surface area contributed by atoms with E-state index in [1.54, 1.807) is 0 Å². The van der Waals surface area contributed by atoms with Gasteiger partial charge < -0.3 is 27.8 Å². The van der Waals surface area contributed by atoms with E-state index in [0.29, 0.717) is 5.54 Å². The largest absolute Gasteiger partial charge is 1.00 e. The molecule has 72 valence electrons. The van der Waals surface area contributed by atoms with E-state index in [4.69, 9.17) is 4.74 Å². The van der Waals surface area contributed by atoms with Crippen molar-refractivity contribution in [2.75, 3.05) is 32.8 Å². The molecular formula is C8H17ClN2O. The van der Waals surface area contributed by atoms with Crippen molar-refractivity contribution in [3.8, 4) is 0 Å². The van der Waals surface area contributed by atoms with Crippen LogP contribution in [0.1, 0.15) is 12.8 Å². The Hall–Kier alpha value is 0.170. The number of quaternary nitrogens is 1. The summed E-state index contributed by atoms with van der Waals surface area (Å²) in [4.78, 5) is 0. The lowest BCUT2D eigenvalue weighted by atomic mass is 9.90. The van der Waals surface area contributed by atoms with Crippen LogP contribution in [0.25, 0.3) is 0 Å². The summed E-state index contributed by atoms with van der Waals surface area (Å²) in [5.41, 5.74) is 0.330. The third kappa shape index (κ3) is 2.10. The average molecular weight is 193 g/mol. The second-order valence-electron chi connectivity index (χ2n) is 3.64. The lowest BCUT2D eigenvalue weighted by Crippen LogP contribution is -3.00. The topological polar surface area (TPSA) is 37.9 Å². The van der Waals surface area contributed by atoms with Crippen LogP contribution in [0.15, 0.2) is 0 Å². The molecule has 1 atom stereocenters. The van der Waals surface area contributed by atoms with E-state index in [2.05, 4.69) is 10.6 Å². The third-order valence-electron chi connectivity index (χ3n) is 2.72. The number of morpholine rings is 1. The molecule has 2 aliphatic rings. The Labute approximate surface area is 79.6 Å². The Morgan fingerprint density at radius 2 is 2.33 bits per heavy atom. The molecule has 0 aliphatic carbocycles. The van der Waals surface area contributed by atoms with Crippen molar-refractivity contribution in [3.63, 3.8) is 0 Å². The minimum atomic E-state index is 0. The fourth-order valence-electron chi connectivity index (χ4n) is 2.06. The number of hydrogen-bond acceptors (Lipinski definition) is 2. The molecule has 0 saturated carbocycles. The van der Waals surface area contributed by atoms with E-state index in [1.165, 1.54) is 25.9 Å². The van der Waals surface area contributed by atoms with Crippen molar-refractivity contribution in [2.45, 2.75) is 18.4 Å². The number of hydrogen-bond donors (Lipinski definition) is 2. The summed E-state index contributed by atoms with van der Waals surface area (Å²) in [6.07, 6.45) is 2.62. The quantitative estimate of drug-likeness (QED) is 0.408. The first kappa shape index (κ1) is 10.3. The van der Waals surface area contributed by atoms with Crippen LogP contribution in [0.2, 0.25) is 0 Å². The average Bonchev–Trinajstić information content (AvgIpc) is 2.07. The Morgan fingerprint density at radius 3 is 2.92 bits per heavy atom. The highest BCUT2D eigenvalue weighted by molar-refractivity contribution is 4.90. The summed E-state index contributed by atoms with van der Waals surface area (Å²) >= 11 is 0. The molecule has 1 spiro atoms. The van der Waals surface area contributed by atoms with Gasteiger partial charge in [-0.2, -0.15) is 0 Å². The van der Waals surface area contributed by atoms with Crippen molar-refractivity contribution in [1.82, 2.24) is 5.32 Å². The smallest absolute Gasteiger partial charge is 0.0963 e. The highest BCUT2D eigenvalue weighted by Crippen LogP contribution is 2.15. The predicted molar refractivity (Wildman–Crippen MR) is 42.4 cm³/mol. The Morgan fingerprint density at radius 1 is 1.42 bits per heavy atom. The Balaban J connectivity index is 0.000000720. The molecular weight excluding hydrogens is 176 g/mol. The highest BCUT2D eigenvalue weighted by Gasteiger charge is 2.36. The molecule has 0 aromatic heterocycles. The summed E-state index contributed by atoms with van der Waals surface area (Å²) in [6, 6.07) is 0. The van der Waals surface area contributed by atoms with E-state index in [-0.39, 0.29) is 12.4 Å². The number of halogens is 1. The SMILES string of the molecule is C1C[NH2+]CC2(C1)COCCN2.[Cl-]. The molecule has 3 nitrogen and oxygen atoms in total. The molecule has 2 fully saturated rings. The molecule has 0 aromatic rings. The van der Waals surface area contributed by atoms with Crippen LogP contribution in [0.3, 0.4) is 0 Å². The van der Waals surface area contributed by atoms with Gasteiger partial charge in [-0.3, -0.25) is 0 Å². The zero-order valence-corrected chi connectivity index (χ0v) is 8.07. The van der Waals surface area contributed by atoms with Gasteiger partial charge in [-0.15, -0.1) is 0 Å². The first-order valence-corrected chi connectivity index (χ1v) is 4.56. The number of piperidine rings is 1. The molecule has 2 heterocycles. The van der Waals surface area contributed by atoms with Crippen LogP contribution < -0.4 is 23.0 Å². The van der Waals surface area contributed by atoms with Gasteiger partial charge in [0.2, 0.25) is 0 Å². The fraction of sp³-hybridized carbons (Fsp3) is 1.00. The molecule has 1 unspecified atom stereocenters. The van der Waals surface area contributed by atoms with Crippen molar-refractivity contribution in [2.24, 2.45) is 0 Å². The van der Waals surface area contributed by atoms with E-state index >= 15 is 0 Å². The summed E-state index contributed by atoms with van der Waals surface area (Å²) in [7, 11) is 0. The van der Waals surface area contributed by atoms with Gasteiger partial charge >= 0.3 is 0 Å². The molecule has 0 radical (unpaired) electrons. The van der Waals surface area contributed by atoms with E-state index in [0.717, 1.165) is 19.8 Å². The summed E-state index contributed by atoms with van der Waals surface area (Å²) in [5.74, 6) is 0. The molecule has 0 amide bonds. The minimum absolute atomic E-state index is 0. The fourth-order valence-corrected chi connectivity index (χ4v) is 2.06. The van der Waals surface area contributed by atoms with Crippen molar-refractivity contribution >= 4 is 0 Å². The first-order chi connectivity index (χ1) is 5.41. The van der Waals surface area contributed by atoms with E-state index in [9.17, 15) is 0 Å². The van der Waals surface area contributed by atoms with E-state index < -0.39 is 0 Å². The molecule has 4 heteroatoms. The minimum Gasteiger partial charge on any atom is -1.00 e. The summed E-state index contributed by atoms with van der Waals surface area (Å²) < 4.78 is 5.48. The monoisotopic (exact) mass is 192 g/mol. The number of rotatable bonds is 0. The van der Waals surface area contributed by atoms with Gasteiger partial charge in [-0.05, 0) is 12.8 Å². The summed E-state index contributed by atoms with van der Waals surface area (Å²) in [5, 5.41) is 5.97. The van der Waals surface area contributed by atoms with Gasteiger partial charge in [-0.1, -0.05) is 0 Å². The zero-order valence-electron chi connectivity index (χ0n) is 7.31. The molecule has 0 bridgehead atoms. The van der Waals surface area contributed by atoms with Crippen LogP contribution in [0, 0.1) is 0 Å². The van der Waals surface area contributed by atoms with Gasteiger partial charge in [0.05, 0.1) is 31.8 Å². The second-order valence-corrected chi connectivity index (χ2v) is 3.64. The molecule has 2 aliphatic heterocycles. The lowest BCUT2D eigenvalue weighted by molar-refractivity contribution is -0.671. The first-order valence-electron chi connectivity index (χ1n) is 4.56. The third-order valence-corrected chi connectivity index (χ3v) is 2.72. The number of ether oxygens (including phenoxy) is 1. The highest BCUT2D eigenvalue weighted by atomic mass is 35.5. The van der Waals surface area contributed by atoms with Gasteiger partial charge in [-0.25, -0.2) is 0 Å². The summed E-state index contributed by atoms with van der Waals surface area (Å²) in [6.45, 7) is 5.34. The van der Waals surface area contributed by atoms with Crippen molar-refractivity contribution < 1.29 is 22.5 Å². The van der Waals surface area contributed by atoms with Gasteiger partial charge in [0.15, 0.2) is 0 Å². The van der Waals surface area contributed by atoms with Crippen molar-refractivity contribution in [1.29, 1.82) is 0 Å². The molecule has 3 N–H and O–H groups in total. The number of nitrogens with one attached hydrogen (secondary N) is 1. The van der Waals surface area contributed by atoms with Crippen molar-refractivity contribution in [3.05, 3.63) is 0 Å². The molecule has 2 saturated heterocycles. The predicted octanol–water partition coefficient (Wildman–Crippen LogP) is -4.29. The maximum atomic E-state index is 5.48. The van der Waals surface area contributed by atoms with Crippen LogP contribution in [0.5, 0.6) is 0 Å². The molecule has 12 heavy (non-hydrogen) atoms. The van der Waals surface area contributed by atoms with Crippen LogP contribution in [0.4, 0.5) is 0 Å². The number of nitrogens with two attached hydrogens (primary N) is 1.